The summed E-state index contributed by atoms with van der Waals surface area (Å²) in [6.45, 7) is 2.97. The van der Waals surface area contributed by atoms with Crippen molar-refractivity contribution in [2.75, 3.05) is 26.8 Å². The van der Waals surface area contributed by atoms with E-state index in [4.69, 9.17) is 10.5 Å². The lowest BCUT2D eigenvalue weighted by molar-refractivity contribution is 0.112. The zero-order valence-corrected chi connectivity index (χ0v) is 11.2. The van der Waals surface area contributed by atoms with E-state index in [0.29, 0.717) is 6.04 Å². The quantitative estimate of drug-likeness (QED) is 0.832. The molecule has 0 unspecified atom stereocenters. The third kappa shape index (κ3) is 3.80. The standard InChI is InChI=1S/C15H24N2O/c1-18-12-15-8-5-9-17(15)11-14(16)10-13-6-3-2-4-7-13/h2-4,6-7,14-15H,5,8-12,16H2,1H3/t14-,15-/m1/s1. The number of hydrogen-bond donors (Lipinski definition) is 1. The van der Waals surface area contributed by atoms with E-state index in [-0.39, 0.29) is 6.04 Å². The first-order valence-corrected chi connectivity index (χ1v) is 6.82. The summed E-state index contributed by atoms with van der Waals surface area (Å²) in [6, 6.07) is 11.3. The summed E-state index contributed by atoms with van der Waals surface area (Å²) >= 11 is 0. The van der Waals surface area contributed by atoms with Crippen LogP contribution in [0.3, 0.4) is 0 Å². The third-order valence-corrected chi connectivity index (χ3v) is 3.67. The van der Waals surface area contributed by atoms with Gasteiger partial charge in [0.05, 0.1) is 6.61 Å². The highest BCUT2D eigenvalue weighted by molar-refractivity contribution is 5.15. The molecule has 0 aliphatic carbocycles. The van der Waals surface area contributed by atoms with E-state index in [1.807, 2.05) is 6.07 Å². The number of nitrogens with zero attached hydrogens (tertiary/aromatic N) is 1. The van der Waals surface area contributed by atoms with Gasteiger partial charge in [-0.1, -0.05) is 30.3 Å². The lowest BCUT2D eigenvalue weighted by atomic mass is 10.1. The number of ether oxygens (including phenoxy) is 1. The van der Waals surface area contributed by atoms with Crippen molar-refractivity contribution in [2.24, 2.45) is 5.73 Å². The Balaban J connectivity index is 1.81. The van der Waals surface area contributed by atoms with Gasteiger partial charge in [0.15, 0.2) is 0 Å². The Kier molecular flexibility index (Phi) is 5.17. The molecule has 2 atom stereocenters. The van der Waals surface area contributed by atoms with Crippen LogP contribution in [0.4, 0.5) is 0 Å². The van der Waals surface area contributed by atoms with Gasteiger partial charge in [0.25, 0.3) is 0 Å². The molecule has 0 spiro atoms. The first-order chi connectivity index (χ1) is 8.79. The zero-order valence-electron chi connectivity index (χ0n) is 11.2. The highest BCUT2D eigenvalue weighted by atomic mass is 16.5. The van der Waals surface area contributed by atoms with E-state index in [0.717, 1.165) is 26.1 Å². The van der Waals surface area contributed by atoms with Crippen LogP contribution in [0, 0.1) is 0 Å². The van der Waals surface area contributed by atoms with E-state index in [1.165, 1.54) is 18.4 Å². The van der Waals surface area contributed by atoms with Crippen molar-refractivity contribution < 1.29 is 4.74 Å². The normalized spacial score (nSPS) is 22.2. The van der Waals surface area contributed by atoms with E-state index >= 15 is 0 Å². The smallest absolute Gasteiger partial charge is 0.0618 e. The highest BCUT2D eigenvalue weighted by Gasteiger charge is 2.25. The molecule has 1 fully saturated rings. The van der Waals surface area contributed by atoms with Crippen molar-refractivity contribution in [1.29, 1.82) is 0 Å². The maximum absolute atomic E-state index is 6.26. The molecule has 100 valence electrons. The summed E-state index contributed by atoms with van der Waals surface area (Å²) < 4.78 is 5.27. The summed E-state index contributed by atoms with van der Waals surface area (Å²) in [6.07, 6.45) is 3.47. The molecule has 0 saturated carbocycles. The number of benzene rings is 1. The molecular formula is C15H24N2O. The fourth-order valence-corrected chi connectivity index (χ4v) is 2.80. The van der Waals surface area contributed by atoms with Gasteiger partial charge in [0.1, 0.15) is 0 Å². The van der Waals surface area contributed by atoms with Crippen LogP contribution in [0.2, 0.25) is 0 Å². The van der Waals surface area contributed by atoms with E-state index in [1.54, 1.807) is 7.11 Å². The molecule has 1 aromatic carbocycles. The minimum atomic E-state index is 0.213. The molecule has 2 N–H and O–H groups in total. The van der Waals surface area contributed by atoms with Crippen LogP contribution in [0.5, 0.6) is 0 Å². The molecule has 3 nitrogen and oxygen atoms in total. The van der Waals surface area contributed by atoms with Gasteiger partial charge in [-0.3, -0.25) is 4.90 Å². The van der Waals surface area contributed by atoms with E-state index < -0.39 is 0 Å². The Bertz CT molecular complexity index is 342. The molecule has 0 aromatic heterocycles. The molecule has 3 heteroatoms. The summed E-state index contributed by atoms with van der Waals surface area (Å²) in [7, 11) is 1.78. The Morgan fingerprint density at radius 2 is 2.17 bits per heavy atom. The van der Waals surface area contributed by atoms with Crippen LogP contribution >= 0.6 is 0 Å². The minimum absolute atomic E-state index is 0.213. The maximum Gasteiger partial charge on any atom is 0.0618 e. The van der Waals surface area contributed by atoms with Crippen LogP contribution in [0.15, 0.2) is 30.3 Å². The van der Waals surface area contributed by atoms with Gasteiger partial charge in [-0.25, -0.2) is 0 Å². The van der Waals surface area contributed by atoms with Gasteiger partial charge < -0.3 is 10.5 Å². The van der Waals surface area contributed by atoms with Gasteiger partial charge in [-0.2, -0.15) is 0 Å². The van der Waals surface area contributed by atoms with Gasteiger partial charge in [0.2, 0.25) is 0 Å². The molecule has 1 aliphatic heterocycles. The van der Waals surface area contributed by atoms with E-state index in [9.17, 15) is 0 Å². The molecule has 2 rings (SSSR count). The molecule has 1 saturated heterocycles. The average molecular weight is 248 g/mol. The molecule has 0 amide bonds. The largest absolute Gasteiger partial charge is 0.383 e. The van der Waals surface area contributed by atoms with E-state index in [2.05, 4.69) is 29.2 Å². The van der Waals surface area contributed by atoms with Gasteiger partial charge in [-0.05, 0) is 31.4 Å². The van der Waals surface area contributed by atoms with Crippen molar-refractivity contribution in [3.63, 3.8) is 0 Å². The van der Waals surface area contributed by atoms with Crippen LogP contribution in [-0.2, 0) is 11.2 Å². The lowest BCUT2D eigenvalue weighted by Gasteiger charge is -2.26. The number of likely N-dealkylation sites (tertiary alicyclic amines) is 1. The fourth-order valence-electron chi connectivity index (χ4n) is 2.80. The Morgan fingerprint density at radius 1 is 1.39 bits per heavy atom. The maximum atomic E-state index is 6.26. The number of rotatable bonds is 6. The zero-order chi connectivity index (χ0) is 12.8. The van der Waals surface area contributed by atoms with Crippen molar-refractivity contribution in [3.05, 3.63) is 35.9 Å². The number of methoxy groups -OCH3 is 1. The fraction of sp³-hybridized carbons (Fsp3) is 0.600. The van der Waals surface area contributed by atoms with Gasteiger partial charge in [0, 0.05) is 25.7 Å². The van der Waals surface area contributed by atoms with Crippen LogP contribution < -0.4 is 5.73 Å². The minimum Gasteiger partial charge on any atom is -0.383 e. The van der Waals surface area contributed by atoms with Crippen molar-refractivity contribution in [1.82, 2.24) is 4.90 Å². The summed E-state index contributed by atoms with van der Waals surface area (Å²) in [4.78, 5) is 2.48. The SMILES string of the molecule is COC[C@H]1CCCN1C[C@H](N)Cc1ccccc1. The predicted octanol–water partition coefficient (Wildman–Crippen LogP) is 1.67. The Hall–Kier alpha value is -0.900. The summed E-state index contributed by atoms with van der Waals surface area (Å²) in [5.74, 6) is 0. The van der Waals surface area contributed by atoms with Gasteiger partial charge >= 0.3 is 0 Å². The first kappa shape index (κ1) is 13.5. The first-order valence-electron chi connectivity index (χ1n) is 6.82. The third-order valence-electron chi connectivity index (χ3n) is 3.67. The van der Waals surface area contributed by atoms with Crippen LogP contribution in [0.25, 0.3) is 0 Å². The van der Waals surface area contributed by atoms with Crippen molar-refractivity contribution >= 4 is 0 Å². The lowest BCUT2D eigenvalue weighted by Crippen LogP contribution is -2.42. The monoisotopic (exact) mass is 248 g/mol. The van der Waals surface area contributed by atoms with Crippen molar-refractivity contribution in [3.8, 4) is 0 Å². The molecule has 1 aromatic rings. The molecule has 1 aliphatic rings. The van der Waals surface area contributed by atoms with Crippen molar-refractivity contribution in [2.45, 2.75) is 31.3 Å². The highest BCUT2D eigenvalue weighted by Crippen LogP contribution is 2.17. The second kappa shape index (κ2) is 6.88. The topological polar surface area (TPSA) is 38.5 Å². The van der Waals surface area contributed by atoms with Gasteiger partial charge in [-0.15, -0.1) is 0 Å². The van der Waals surface area contributed by atoms with Crippen LogP contribution in [-0.4, -0.2) is 43.8 Å². The molecule has 18 heavy (non-hydrogen) atoms. The summed E-state index contributed by atoms with van der Waals surface area (Å²) in [5.41, 5.74) is 7.59. The van der Waals surface area contributed by atoms with Crippen LogP contribution in [0.1, 0.15) is 18.4 Å². The second-order valence-electron chi connectivity index (χ2n) is 5.20. The molecule has 1 heterocycles. The summed E-state index contributed by atoms with van der Waals surface area (Å²) in [5, 5.41) is 0. The second-order valence-corrected chi connectivity index (χ2v) is 5.20. The molecule has 0 radical (unpaired) electrons. The Labute approximate surface area is 110 Å². The molecule has 0 bridgehead atoms. The predicted molar refractivity (Wildman–Crippen MR) is 74.6 cm³/mol. The number of nitrogens with two attached hydrogens (primary N) is 1. The Morgan fingerprint density at radius 3 is 2.89 bits per heavy atom. The molecular weight excluding hydrogens is 224 g/mol. The average Bonchev–Trinajstić information content (AvgIpc) is 2.78. The number of hydrogen-bond acceptors (Lipinski definition) is 3.